The van der Waals surface area contributed by atoms with Gasteiger partial charge in [-0.15, -0.1) is 0 Å². The molecule has 2 nitrogen and oxygen atoms in total. The second kappa shape index (κ2) is 5.66. The number of allylic oxidation sites excluding steroid dienone is 1. The standard InChI is InChI=1S/C10H9Cl2FO2S/c11-9-7-8(4-5-10(9)13)3-1-2-6-16(12,14)15/h1,3-5,7H,2,6H2/b3-1+. The van der Waals surface area contributed by atoms with Crippen molar-refractivity contribution in [2.24, 2.45) is 0 Å². The monoisotopic (exact) mass is 282 g/mol. The molecule has 6 heteroatoms. The molecule has 1 rings (SSSR count). The molecule has 0 saturated heterocycles. The van der Waals surface area contributed by atoms with Crippen molar-refractivity contribution < 1.29 is 12.8 Å². The SMILES string of the molecule is O=S(=O)(Cl)CC/C=C/c1ccc(F)c(Cl)c1. The molecule has 0 saturated carbocycles. The summed E-state index contributed by atoms with van der Waals surface area (Å²) in [6.45, 7) is 0. The third-order valence-electron chi connectivity index (χ3n) is 1.78. The molecule has 0 aliphatic rings. The summed E-state index contributed by atoms with van der Waals surface area (Å²) in [4.78, 5) is 0. The van der Waals surface area contributed by atoms with Crippen LogP contribution in [-0.2, 0) is 9.05 Å². The van der Waals surface area contributed by atoms with Crippen molar-refractivity contribution in [2.75, 3.05) is 5.75 Å². The highest BCUT2D eigenvalue weighted by molar-refractivity contribution is 8.13. The fourth-order valence-electron chi connectivity index (χ4n) is 1.04. The fraction of sp³-hybridized carbons (Fsp3) is 0.200. The van der Waals surface area contributed by atoms with Gasteiger partial charge in [-0.3, -0.25) is 0 Å². The Kier molecular flexibility index (Phi) is 4.77. The predicted octanol–water partition coefficient (Wildman–Crippen LogP) is 3.45. The molecule has 0 unspecified atom stereocenters. The van der Waals surface area contributed by atoms with Crippen LogP contribution in [-0.4, -0.2) is 14.2 Å². The van der Waals surface area contributed by atoms with Crippen molar-refractivity contribution in [2.45, 2.75) is 6.42 Å². The summed E-state index contributed by atoms with van der Waals surface area (Å²) in [5.41, 5.74) is 0.707. The molecule has 0 amide bonds. The van der Waals surface area contributed by atoms with Gasteiger partial charge in [0.2, 0.25) is 9.05 Å². The van der Waals surface area contributed by atoms with E-state index in [4.69, 9.17) is 22.3 Å². The maximum atomic E-state index is 12.8. The van der Waals surface area contributed by atoms with Gasteiger partial charge in [-0.2, -0.15) is 0 Å². The molecule has 0 radical (unpaired) electrons. The summed E-state index contributed by atoms with van der Waals surface area (Å²) in [6, 6.07) is 4.26. The van der Waals surface area contributed by atoms with E-state index in [1.165, 1.54) is 12.1 Å². The lowest BCUT2D eigenvalue weighted by Crippen LogP contribution is -1.94. The Bertz CT molecular complexity index is 498. The summed E-state index contributed by atoms with van der Waals surface area (Å²) in [5.74, 6) is -0.609. The minimum Gasteiger partial charge on any atom is -0.212 e. The number of benzene rings is 1. The molecule has 0 bridgehead atoms. The first-order chi connectivity index (χ1) is 7.38. The van der Waals surface area contributed by atoms with Gasteiger partial charge in [0, 0.05) is 10.7 Å². The van der Waals surface area contributed by atoms with Crippen LogP contribution in [0.1, 0.15) is 12.0 Å². The van der Waals surface area contributed by atoms with Crippen molar-refractivity contribution in [3.63, 3.8) is 0 Å². The van der Waals surface area contributed by atoms with Crippen LogP contribution in [0.2, 0.25) is 5.02 Å². The van der Waals surface area contributed by atoms with E-state index in [9.17, 15) is 12.8 Å². The van der Waals surface area contributed by atoms with Gasteiger partial charge in [0.25, 0.3) is 0 Å². The zero-order chi connectivity index (χ0) is 12.2. The number of rotatable bonds is 4. The van der Waals surface area contributed by atoms with E-state index >= 15 is 0 Å². The molecular weight excluding hydrogens is 274 g/mol. The minimum absolute atomic E-state index is 0.0344. The summed E-state index contributed by atoms with van der Waals surface area (Å²) >= 11 is 5.57. The van der Waals surface area contributed by atoms with Gasteiger partial charge in [-0.1, -0.05) is 29.8 Å². The second-order valence-corrected chi connectivity index (χ2v) is 6.41. The number of halogens is 3. The minimum atomic E-state index is -3.46. The molecule has 0 atom stereocenters. The highest BCUT2D eigenvalue weighted by Crippen LogP contribution is 2.17. The van der Waals surface area contributed by atoms with Crippen LogP contribution in [0.25, 0.3) is 6.08 Å². The van der Waals surface area contributed by atoms with E-state index in [1.54, 1.807) is 18.2 Å². The largest absolute Gasteiger partial charge is 0.232 e. The highest BCUT2D eigenvalue weighted by Gasteiger charge is 2.02. The van der Waals surface area contributed by atoms with Gasteiger partial charge < -0.3 is 0 Å². The molecule has 1 aromatic rings. The van der Waals surface area contributed by atoms with Gasteiger partial charge in [0.15, 0.2) is 0 Å². The topological polar surface area (TPSA) is 34.1 Å². The zero-order valence-corrected chi connectivity index (χ0v) is 10.5. The van der Waals surface area contributed by atoms with Gasteiger partial charge in [0.1, 0.15) is 5.82 Å². The normalized spacial score (nSPS) is 12.2. The van der Waals surface area contributed by atoms with Crippen LogP contribution >= 0.6 is 22.3 Å². The molecule has 16 heavy (non-hydrogen) atoms. The van der Waals surface area contributed by atoms with E-state index in [0.717, 1.165) is 0 Å². The number of hydrogen-bond donors (Lipinski definition) is 0. The summed E-state index contributed by atoms with van der Waals surface area (Å²) in [6.07, 6.45) is 3.61. The lowest BCUT2D eigenvalue weighted by atomic mass is 10.2. The molecule has 0 aliphatic heterocycles. The molecular formula is C10H9Cl2FO2S. The smallest absolute Gasteiger partial charge is 0.212 e. The first-order valence-electron chi connectivity index (χ1n) is 4.42. The molecule has 0 spiro atoms. The highest BCUT2D eigenvalue weighted by atomic mass is 35.7. The molecule has 0 aliphatic carbocycles. The van der Waals surface area contributed by atoms with E-state index in [-0.39, 0.29) is 10.8 Å². The third-order valence-corrected chi connectivity index (χ3v) is 3.26. The Morgan fingerprint density at radius 3 is 2.62 bits per heavy atom. The van der Waals surface area contributed by atoms with Crippen molar-refractivity contribution in [3.8, 4) is 0 Å². The molecule has 0 heterocycles. The first kappa shape index (κ1) is 13.5. The average molecular weight is 283 g/mol. The van der Waals surface area contributed by atoms with Gasteiger partial charge >= 0.3 is 0 Å². The predicted molar refractivity (Wildman–Crippen MR) is 64.7 cm³/mol. The van der Waals surface area contributed by atoms with Crippen LogP contribution in [0.5, 0.6) is 0 Å². The molecule has 1 aromatic carbocycles. The molecule has 0 fully saturated rings. The summed E-state index contributed by atoms with van der Waals surface area (Å²) in [7, 11) is 1.57. The molecule has 0 aromatic heterocycles. The van der Waals surface area contributed by atoms with Crippen LogP contribution in [0.4, 0.5) is 4.39 Å². The maximum Gasteiger partial charge on any atom is 0.232 e. The van der Waals surface area contributed by atoms with Gasteiger partial charge in [-0.25, -0.2) is 12.8 Å². The van der Waals surface area contributed by atoms with Crippen LogP contribution in [0.15, 0.2) is 24.3 Å². The quantitative estimate of drug-likeness (QED) is 0.793. The summed E-state index contributed by atoms with van der Waals surface area (Å²) < 4.78 is 34.0. The summed E-state index contributed by atoms with van der Waals surface area (Å²) in [5, 5.41) is 0.0344. The van der Waals surface area contributed by atoms with Crippen LogP contribution in [0, 0.1) is 5.82 Å². The van der Waals surface area contributed by atoms with E-state index < -0.39 is 14.9 Å². The van der Waals surface area contributed by atoms with Crippen LogP contribution in [0.3, 0.4) is 0 Å². The van der Waals surface area contributed by atoms with Crippen LogP contribution < -0.4 is 0 Å². The lowest BCUT2D eigenvalue weighted by Gasteiger charge is -1.96. The maximum absolute atomic E-state index is 12.8. The molecule has 88 valence electrons. The zero-order valence-electron chi connectivity index (χ0n) is 8.16. The van der Waals surface area contributed by atoms with Gasteiger partial charge in [0.05, 0.1) is 10.8 Å². The average Bonchev–Trinajstić information content (AvgIpc) is 2.17. The van der Waals surface area contributed by atoms with Crippen molar-refractivity contribution in [1.29, 1.82) is 0 Å². The fourth-order valence-corrected chi connectivity index (χ4v) is 1.92. The van der Waals surface area contributed by atoms with Crippen molar-refractivity contribution in [3.05, 3.63) is 40.7 Å². The molecule has 0 N–H and O–H groups in total. The van der Waals surface area contributed by atoms with Crippen molar-refractivity contribution in [1.82, 2.24) is 0 Å². The Hall–Kier alpha value is -0.580. The van der Waals surface area contributed by atoms with E-state index in [2.05, 4.69) is 0 Å². The van der Waals surface area contributed by atoms with E-state index in [0.29, 0.717) is 12.0 Å². The van der Waals surface area contributed by atoms with Crippen molar-refractivity contribution >= 4 is 37.4 Å². The first-order valence-corrected chi connectivity index (χ1v) is 7.28. The Morgan fingerprint density at radius 2 is 2.06 bits per heavy atom. The van der Waals surface area contributed by atoms with Gasteiger partial charge in [-0.05, 0) is 24.1 Å². The lowest BCUT2D eigenvalue weighted by molar-refractivity contribution is 0.609. The second-order valence-electron chi connectivity index (χ2n) is 3.11. The van der Waals surface area contributed by atoms with E-state index in [1.807, 2.05) is 0 Å². The Morgan fingerprint density at radius 1 is 1.38 bits per heavy atom. The Labute approximate surface area is 103 Å². The third kappa shape index (κ3) is 4.96. The Balaban J connectivity index is 2.60. The number of hydrogen-bond acceptors (Lipinski definition) is 2.